The molecular weight excluding hydrogens is 341 g/mol. The zero-order valence-corrected chi connectivity index (χ0v) is 13.4. The second-order valence-corrected chi connectivity index (χ2v) is 6.52. The molecule has 2 aliphatic rings. The maximum Gasteiger partial charge on any atom is 0.434 e. The minimum atomic E-state index is -4.70. The Kier molecular flexibility index (Phi) is 4.74. The Morgan fingerprint density at radius 1 is 1.28 bits per heavy atom. The molecule has 0 radical (unpaired) electrons. The number of nitrogens with zero attached hydrogens (tertiary/aromatic N) is 2. The molecule has 1 aromatic rings. The minimum Gasteiger partial charge on any atom is -0.390 e. The van der Waals surface area contributed by atoms with Gasteiger partial charge in [0.2, 0.25) is 0 Å². The summed E-state index contributed by atoms with van der Waals surface area (Å²) in [7, 11) is 0. The van der Waals surface area contributed by atoms with Gasteiger partial charge >= 0.3 is 6.18 Å². The summed E-state index contributed by atoms with van der Waals surface area (Å²) < 4.78 is 44.8. The SMILES string of the molecule is O=C(c1cccnc1C(F)(F)F)N1CCC2(CC1)C[C@@H](O)[C@@H](O)CO2. The summed E-state index contributed by atoms with van der Waals surface area (Å²) in [6.45, 7) is 0.442. The van der Waals surface area contributed by atoms with Crippen LogP contribution in [-0.2, 0) is 10.9 Å². The van der Waals surface area contributed by atoms with Gasteiger partial charge in [0.1, 0.15) is 6.10 Å². The number of rotatable bonds is 1. The summed E-state index contributed by atoms with van der Waals surface area (Å²) in [6.07, 6.45) is -4.49. The number of hydrogen-bond acceptors (Lipinski definition) is 5. The van der Waals surface area contributed by atoms with Crippen LogP contribution in [0.15, 0.2) is 18.3 Å². The van der Waals surface area contributed by atoms with Gasteiger partial charge < -0.3 is 19.8 Å². The van der Waals surface area contributed by atoms with Crippen LogP contribution >= 0.6 is 0 Å². The number of hydrogen-bond donors (Lipinski definition) is 2. The molecule has 9 heteroatoms. The molecule has 2 atom stereocenters. The van der Waals surface area contributed by atoms with Crippen LogP contribution in [0, 0.1) is 0 Å². The van der Waals surface area contributed by atoms with Crippen LogP contribution in [0.5, 0.6) is 0 Å². The van der Waals surface area contributed by atoms with Crippen molar-refractivity contribution >= 4 is 5.91 Å². The number of amides is 1. The average Bonchev–Trinajstić information content (AvgIpc) is 2.58. The molecule has 2 fully saturated rings. The lowest BCUT2D eigenvalue weighted by Gasteiger charge is -2.46. The summed E-state index contributed by atoms with van der Waals surface area (Å²) in [6, 6.07) is 2.43. The lowest BCUT2D eigenvalue weighted by Crippen LogP contribution is -2.55. The van der Waals surface area contributed by atoms with Crippen molar-refractivity contribution in [2.45, 2.75) is 43.2 Å². The Hall–Kier alpha value is -1.71. The topological polar surface area (TPSA) is 82.9 Å². The first kappa shape index (κ1) is 18.1. The van der Waals surface area contributed by atoms with E-state index in [1.54, 1.807) is 0 Å². The van der Waals surface area contributed by atoms with Crippen LogP contribution in [0.3, 0.4) is 0 Å². The van der Waals surface area contributed by atoms with E-state index in [0.29, 0.717) is 12.8 Å². The molecule has 138 valence electrons. The number of ether oxygens (including phenoxy) is 1. The molecule has 6 nitrogen and oxygen atoms in total. The number of likely N-dealkylation sites (tertiary alicyclic amines) is 1. The third-order valence-corrected chi connectivity index (χ3v) is 4.85. The maximum atomic E-state index is 13.0. The van der Waals surface area contributed by atoms with Crippen LogP contribution in [0.1, 0.15) is 35.3 Å². The van der Waals surface area contributed by atoms with Crippen molar-refractivity contribution in [3.05, 3.63) is 29.6 Å². The van der Waals surface area contributed by atoms with Gasteiger partial charge in [0.05, 0.1) is 23.9 Å². The normalized spacial score (nSPS) is 26.7. The van der Waals surface area contributed by atoms with Crippen molar-refractivity contribution in [1.82, 2.24) is 9.88 Å². The summed E-state index contributed by atoms with van der Waals surface area (Å²) in [5.74, 6) is -0.716. The van der Waals surface area contributed by atoms with Crippen molar-refractivity contribution in [2.75, 3.05) is 19.7 Å². The summed E-state index contributed by atoms with van der Waals surface area (Å²) in [5, 5.41) is 19.4. The van der Waals surface area contributed by atoms with Gasteiger partial charge in [-0.05, 0) is 25.0 Å². The molecule has 0 bridgehead atoms. The number of alkyl halides is 3. The van der Waals surface area contributed by atoms with Crippen LogP contribution in [-0.4, -0.2) is 63.5 Å². The van der Waals surface area contributed by atoms with E-state index >= 15 is 0 Å². The van der Waals surface area contributed by atoms with Crippen LogP contribution < -0.4 is 0 Å². The summed E-state index contributed by atoms with van der Waals surface area (Å²) in [5.41, 5.74) is -2.30. The zero-order valence-electron chi connectivity index (χ0n) is 13.4. The fourth-order valence-electron chi connectivity index (χ4n) is 3.39. The highest BCUT2D eigenvalue weighted by Gasteiger charge is 2.44. The van der Waals surface area contributed by atoms with Crippen LogP contribution in [0.4, 0.5) is 13.2 Å². The van der Waals surface area contributed by atoms with Crippen molar-refractivity contribution in [3.63, 3.8) is 0 Å². The van der Waals surface area contributed by atoms with Crippen LogP contribution in [0.25, 0.3) is 0 Å². The lowest BCUT2D eigenvalue weighted by atomic mass is 9.82. The predicted molar refractivity (Wildman–Crippen MR) is 79.7 cm³/mol. The van der Waals surface area contributed by atoms with Gasteiger partial charge in [-0.25, -0.2) is 0 Å². The molecule has 0 aliphatic carbocycles. The Labute approximate surface area is 142 Å². The van der Waals surface area contributed by atoms with E-state index in [0.717, 1.165) is 12.3 Å². The molecule has 1 spiro atoms. The summed E-state index contributed by atoms with van der Waals surface area (Å²) >= 11 is 0. The van der Waals surface area contributed by atoms with Gasteiger partial charge in [-0.1, -0.05) is 0 Å². The highest BCUT2D eigenvalue weighted by Crippen LogP contribution is 2.36. The zero-order chi connectivity index (χ0) is 18.2. The Morgan fingerprint density at radius 2 is 1.96 bits per heavy atom. The van der Waals surface area contributed by atoms with Gasteiger partial charge in [0, 0.05) is 25.7 Å². The second-order valence-electron chi connectivity index (χ2n) is 6.52. The van der Waals surface area contributed by atoms with E-state index in [9.17, 15) is 28.2 Å². The first-order chi connectivity index (χ1) is 11.7. The fourth-order valence-corrected chi connectivity index (χ4v) is 3.39. The van der Waals surface area contributed by atoms with Crippen LogP contribution in [0.2, 0.25) is 0 Å². The molecule has 25 heavy (non-hydrogen) atoms. The molecule has 2 aliphatic heterocycles. The third-order valence-electron chi connectivity index (χ3n) is 4.85. The van der Waals surface area contributed by atoms with Gasteiger partial charge in [-0.2, -0.15) is 13.2 Å². The van der Waals surface area contributed by atoms with Crippen molar-refractivity contribution in [2.24, 2.45) is 0 Å². The second kappa shape index (κ2) is 6.54. The maximum absolute atomic E-state index is 13.0. The number of halogens is 3. The highest BCUT2D eigenvalue weighted by molar-refractivity contribution is 5.95. The number of carbonyl (C=O) groups is 1. The standard InChI is InChI=1S/C16H19F3N2O4/c17-16(18,19)13-10(2-1-5-20-13)14(24)21-6-3-15(4-7-21)8-11(22)12(23)9-25-15/h1-2,5,11-12,22-23H,3-4,6-9H2/t11-,12+/m1/s1. The Morgan fingerprint density at radius 3 is 2.56 bits per heavy atom. The Balaban J connectivity index is 1.71. The lowest BCUT2D eigenvalue weighted by molar-refractivity contribution is -0.185. The number of aliphatic hydroxyl groups excluding tert-OH is 2. The van der Waals surface area contributed by atoms with Gasteiger partial charge in [0.25, 0.3) is 5.91 Å². The average molecular weight is 360 g/mol. The largest absolute Gasteiger partial charge is 0.434 e. The molecule has 0 aromatic carbocycles. The molecule has 1 amide bonds. The van der Waals surface area contributed by atoms with E-state index in [2.05, 4.69) is 4.98 Å². The van der Waals surface area contributed by atoms with E-state index in [4.69, 9.17) is 4.74 Å². The van der Waals surface area contributed by atoms with E-state index < -0.39 is 41.1 Å². The molecule has 0 saturated carbocycles. The highest BCUT2D eigenvalue weighted by atomic mass is 19.4. The van der Waals surface area contributed by atoms with Gasteiger partial charge in [-0.3, -0.25) is 9.78 Å². The van der Waals surface area contributed by atoms with E-state index in [1.807, 2.05) is 0 Å². The molecule has 0 unspecified atom stereocenters. The quantitative estimate of drug-likeness (QED) is 0.787. The third kappa shape index (κ3) is 3.63. The number of carbonyl (C=O) groups excluding carboxylic acids is 1. The molecule has 3 rings (SSSR count). The molecule has 3 heterocycles. The number of pyridine rings is 1. The first-order valence-corrected chi connectivity index (χ1v) is 8.03. The molecule has 2 saturated heterocycles. The van der Waals surface area contributed by atoms with E-state index in [-0.39, 0.29) is 26.1 Å². The van der Waals surface area contributed by atoms with E-state index in [1.165, 1.54) is 11.0 Å². The molecule has 2 N–H and O–H groups in total. The molecule has 1 aromatic heterocycles. The number of piperidine rings is 1. The van der Waals surface area contributed by atoms with Crippen molar-refractivity contribution in [1.29, 1.82) is 0 Å². The fraction of sp³-hybridized carbons (Fsp3) is 0.625. The van der Waals surface area contributed by atoms with Crippen molar-refractivity contribution < 1.29 is 32.9 Å². The number of aromatic nitrogens is 1. The summed E-state index contributed by atoms with van der Waals surface area (Å²) in [4.78, 5) is 17.2. The Bertz CT molecular complexity index is 645. The first-order valence-electron chi connectivity index (χ1n) is 8.03. The predicted octanol–water partition coefficient (Wildman–Crippen LogP) is 1.22. The van der Waals surface area contributed by atoms with Crippen molar-refractivity contribution in [3.8, 4) is 0 Å². The van der Waals surface area contributed by atoms with Gasteiger partial charge in [0.15, 0.2) is 5.69 Å². The minimum absolute atomic E-state index is 0.00986. The van der Waals surface area contributed by atoms with Gasteiger partial charge in [-0.15, -0.1) is 0 Å². The smallest absolute Gasteiger partial charge is 0.390 e. The number of aliphatic hydroxyl groups is 2. The molecular formula is C16H19F3N2O4. The monoisotopic (exact) mass is 360 g/mol.